The number of sulfone groups is 1. The first-order valence-corrected chi connectivity index (χ1v) is 10.4. The van der Waals surface area contributed by atoms with E-state index in [2.05, 4.69) is 0 Å². The highest BCUT2D eigenvalue weighted by Gasteiger charge is 2.19. The SMILES string of the molecule is CC(C)N(Cc1ccccc1)C(=O)COC(=O)c1ccc(S(C)(=O)=O)cc1. The molecule has 0 saturated heterocycles. The van der Waals surface area contributed by atoms with Crippen LogP contribution < -0.4 is 0 Å². The van der Waals surface area contributed by atoms with Crippen molar-refractivity contribution in [1.82, 2.24) is 4.90 Å². The lowest BCUT2D eigenvalue weighted by atomic mass is 10.2. The minimum atomic E-state index is -3.33. The highest BCUT2D eigenvalue weighted by atomic mass is 32.2. The average molecular weight is 389 g/mol. The number of rotatable bonds is 7. The van der Waals surface area contributed by atoms with Crippen LogP contribution in [0.3, 0.4) is 0 Å². The number of ether oxygens (including phenoxy) is 1. The molecule has 0 spiro atoms. The molecule has 0 fully saturated rings. The van der Waals surface area contributed by atoms with Crippen LogP contribution in [0.5, 0.6) is 0 Å². The molecule has 2 aromatic carbocycles. The van der Waals surface area contributed by atoms with Crippen LogP contribution in [0.15, 0.2) is 59.5 Å². The van der Waals surface area contributed by atoms with Crippen molar-refractivity contribution in [2.45, 2.75) is 31.3 Å². The standard InChI is InChI=1S/C20H23NO5S/c1-15(2)21(13-16-7-5-4-6-8-16)19(22)14-26-20(23)17-9-11-18(12-10-17)27(3,24)25/h4-12,15H,13-14H2,1-3H3. The van der Waals surface area contributed by atoms with Crippen LogP contribution in [-0.4, -0.2) is 44.1 Å². The van der Waals surface area contributed by atoms with E-state index in [-0.39, 0.29) is 29.0 Å². The molecule has 0 aliphatic rings. The lowest BCUT2D eigenvalue weighted by Crippen LogP contribution is -2.39. The summed E-state index contributed by atoms with van der Waals surface area (Å²) in [6.07, 6.45) is 1.09. The Morgan fingerprint density at radius 1 is 1.00 bits per heavy atom. The molecule has 2 rings (SSSR count). The number of hydrogen-bond donors (Lipinski definition) is 0. The number of carbonyl (C=O) groups is 2. The summed E-state index contributed by atoms with van der Waals surface area (Å²) in [5, 5.41) is 0. The second kappa shape index (κ2) is 8.81. The van der Waals surface area contributed by atoms with Gasteiger partial charge in [0.1, 0.15) is 0 Å². The van der Waals surface area contributed by atoms with Crippen LogP contribution in [0.2, 0.25) is 0 Å². The molecule has 0 heterocycles. The van der Waals surface area contributed by atoms with Gasteiger partial charge in [-0.3, -0.25) is 4.79 Å². The van der Waals surface area contributed by atoms with Crippen LogP contribution in [0.25, 0.3) is 0 Å². The molecule has 0 unspecified atom stereocenters. The number of esters is 1. The van der Waals surface area contributed by atoms with Gasteiger partial charge in [0, 0.05) is 18.8 Å². The fraction of sp³-hybridized carbons (Fsp3) is 0.300. The zero-order valence-electron chi connectivity index (χ0n) is 15.6. The van der Waals surface area contributed by atoms with Gasteiger partial charge >= 0.3 is 5.97 Å². The quantitative estimate of drug-likeness (QED) is 0.680. The normalized spacial score (nSPS) is 11.3. The minimum Gasteiger partial charge on any atom is -0.452 e. The Hall–Kier alpha value is -2.67. The zero-order chi connectivity index (χ0) is 20.0. The van der Waals surface area contributed by atoms with E-state index in [4.69, 9.17) is 4.74 Å². The van der Waals surface area contributed by atoms with E-state index in [9.17, 15) is 18.0 Å². The molecule has 0 bridgehead atoms. The van der Waals surface area contributed by atoms with Crippen LogP contribution in [0, 0.1) is 0 Å². The molecular weight excluding hydrogens is 366 g/mol. The van der Waals surface area contributed by atoms with E-state index in [1.54, 1.807) is 4.90 Å². The topological polar surface area (TPSA) is 80.8 Å². The Morgan fingerprint density at radius 2 is 1.59 bits per heavy atom. The molecule has 0 N–H and O–H groups in total. The highest BCUT2D eigenvalue weighted by molar-refractivity contribution is 7.90. The largest absolute Gasteiger partial charge is 0.452 e. The van der Waals surface area contributed by atoms with Gasteiger partial charge in [0.2, 0.25) is 0 Å². The molecular formula is C20H23NO5S. The molecule has 0 aliphatic heterocycles. The van der Waals surface area contributed by atoms with Gasteiger partial charge in [-0.25, -0.2) is 13.2 Å². The van der Waals surface area contributed by atoms with Crippen LogP contribution in [-0.2, 0) is 25.9 Å². The first-order chi connectivity index (χ1) is 12.7. The summed E-state index contributed by atoms with van der Waals surface area (Å²) in [4.78, 5) is 26.3. The van der Waals surface area contributed by atoms with Crippen LogP contribution in [0.4, 0.5) is 0 Å². The number of nitrogens with zero attached hydrogens (tertiary/aromatic N) is 1. The molecule has 0 aliphatic carbocycles. The van der Waals surface area contributed by atoms with E-state index in [1.807, 2.05) is 44.2 Å². The molecule has 6 nitrogen and oxygen atoms in total. The van der Waals surface area contributed by atoms with Gasteiger partial charge in [0.25, 0.3) is 5.91 Å². The molecule has 0 saturated carbocycles. The molecule has 1 amide bonds. The Labute approximate surface area is 159 Å². The summed E-state index contributed by atoms with van der Waals surface area (Å²) in [6.45, 7) is 3.84. The van der Waals surface area contributed by atoms with Crippen molar-refractivity contribution >= 4 is 21.7 Å². The van der Waals surface area contributed by atoms with E-state index in [1.165, 1.54) is 24.3 Å². The predicted molar refractivity (Wildman–Crippen MR) is 102 cm³/mol. The maximum Gasteiger partial charge on any atom is 0.338 e. The van der Waals surface area contributed by atoms with Gasteiger partial charge in [-0.2, -0.15) is 0 Å². The summed E-state index contributed by atoms with van der Waals surface area (Å²) >= 11 is 0. The van der Waals surface area contributed by atoms with Crippen molar-refractivity contribution in [2.24, 2.45) is 0 Å². The monoisotopic (exact) mass is 389 g/mol. The summed E-state index contributed by atoms with van der Waals surface area (Å²) in [6, 6.07) is 14.9. The predicted octanol–water partition coefficient (Wildman–Crippen LogP) is 2.68. The third-order valence-electron chi connectivity index (χ3n) is 3.98. The van der Waals surface area contributed by atoms with E-state index < -0.39 is 15.8 Å². The van der Waals surface area contributed by atoms with Gasteiger partial charge in [-0.05, 0) is 43.7 Å². The molecule has 27 heavy (non-hydrogen) atoms. The Bertz CT molecular complexity index is 890. The van der Waals surface area contributed by atoms with E-state index in [0.717, 1.165) is 11.8 Å². The first-order valence-electron chi connectivity index (χ1n) is 8.49. The van der Waals surface area contributed by atoms with Crippen molar-refractivity contribution < 1.29 is 22.7 Å². The van der Waals surface area contributed by atoms with Gasteiger partial charge < -0.3 is 9.64 Å². The summed E-state index contributed by atoms with van der Waals surface area (Å²) in [7, 11) is -3.33. The molecule has 7 heteroatoms. The third kappa shape index (κ3) is 5.92. The van der Waals surface area contributed by atoms with Gasteiger partial charge in [-0.15, -0.1) is 0 Å². The number of hydrogen-bond acceptors (Lipinski definition) is 5. The lowest BCUT2D eigenvalue weighted by Gasteiger charge is -2.26. The fourth-order valence-corrected chi connectivity index (χ4v) is 3.10. The highest BCUT2D eigenvalue weighted by Crippen LogP contribution is 2.12. The number of benzene rings is 2. The fourth-order valence-electron chi connectivity index (χ4n) is 2.47. The van der Waals surface area contributed by atoms with Crippen molar-refractivity contribution in [1.29, 1.82) is 0 Å². The third-order valence-corrected chi connectivity index (χ3v) is 5.11. The second-order valence-electron chi connectivity index (χ2n) is 6.47. The van der Waals surface area contributed by atoms with Gasteiger partial charge in [0.05, 0.1) is 10.5 Å². The summed E-state index contributed by atoms with van der Waals surface area (Å²) < 4.78 is 28.0. The smallest absolute Gasteiger partial charge is 0.338 e. The Kier molecular flexibility index (Phi) is 6.74. The van der Waals surface area contributed by atoms with Crippen LogP contribution >= 0.6 is 0 Å². The van der Waals surface area contributed by atoms with E-state index in [0.29, 0.717) is 6.54 Å². The number of amides is 1. The Morgan fingerprint density at radius 3 is 2.11 bits per heavy atom. The van der Waals surface area contributed by atoms with Crippen molar-refractivity contribution in [3.63, 3.8) is 0 Å². The Balaban J connectivity index is 1.99. The molecule has 144 valence electrons. The van der Waals surface area contributed by atoms with E-state index >= 15 is 0 Å². The molecule has 2 aromatic rings. The molecule has 0 aromatic heterocycles. The molecule has 0 radical (unpaired) electrons. The number of carbonyl (C=O) groups excluding carboxylic acids is 2. The zero-order valence-corrected chi connectivity index (χ0v) is 16.4. The second-order valence-corrected chi connectivity index (χ2v) is 8.49. The van der Waals surface area contributed by atoms with Gasteiger partial charge in [-0.1, -0.05) is 30.3 Å². The maximum absolute atomic E-state index is 12.5. The summed E-state index contributed by atoms with van der Waals surface area (Å²) in [5.74, 6) is -0.971. The summed E-state index contributed by atoms with van der Waals surface area (Å²) in [5.41, 5.74) is 1.18. The average Bonchev–Trinajstić information content (AvgIpc) is 2.64. The van der Waals surface area contributed by atoms with Gasteiger partial charge in [0.15, 0.2) is 16.4 Å². The lowest BCUT2D eigenvalue weighted by molar-refractivity contribution is -0.136. The maximum atomic E-state index is 12.5. The minimum absolute atomic E-state index is 0.0505. The van der Waals surface area contributed by atoms with Crippen molar-refractivity contribution in [3.8, 4) is 0 Å². The van der Waals surface area contributed by atoms with Crippen molar-refractivity contribution in [2.75, 3.05) is 12.9 Å². The first kappa shape index (κ1) is 20.6. The molecule has 0 atom stereocenters. The van der Waals surface area contributed by atoms with Crippen LogP contribution in [0.1, 0.15) is 29.8 Å². The van der Waals surface area contributed by atoms with Crippen molar-refractivity contribution in [3.05, 3.63) is 65.7 Å².